The molecule has 0 unspecified atom stereocenters. The van der Waals surface area contributed by atoms with E-state index in [0.717, 1.165) is 33.9 Å². The Bertz CT molecular complexity index is 1090. The summed E-state index contributed by atoms with van der Waals surface area (Å²) in [5.74, 6) is 0.456. The van der Waals surface area contributed by atoms with Gasteiger partial charge < -0.3 is 15.7 Å². The van der Waals surface area contributed by atoms with Gasteiger partial charge in [0.05, 0.1) is 0 Å². The third-order valence-electron chi connectivity index (χ3n) is 5.66. The Balaban J connectivity index is 0.000000205. The highest BCUT2D eigenvalue weighted by Crippen LogP contribution is 2.38. The number of rotatable bonds is 4. The van der Waals surface area contributed by atoms with E-state index >= 15 is 0 Å². The number of aromatic hydroxyl groups is 1. The summed E-state index contributed by atoms with van der Waals surface area (Å²) < 4.78 is 0. The summed E-state index contributed by atoms with van der Waals surface area (Å²) in [5.41, 5.74) is 6.37. The number of nitrogens with one attached hydrogen (secondary N) is 2. The Hall–Kier alpha value is -3.72. The first-order valence-electron chi connectivity index (χ1n) is 12.1. The molecule has 0 spiro atoms. The van der Waals surface area contributed by atoms with Crippen molar-refractivity contribution in [3.05, 3.63) is 114 Å². The molecule has 3 N–H and O–H groups in total. The van der Waals surface area contributed by atoms with Crippen LogP contribution < -0.4 is 10.6 Å². The van der Waals surface area contributed by atoms with Gasteiger partial charge >= 0.3 is 0 Å². The molecule has 3 heteroatoms. The smallest absolute Gasteiger partial charge is 0.123 e. The number of hydrogen-bond donors (Lipinski definition) is 3. The van der Waals surface area contributed by atoms with Crippen LogP contribution in [-0.2, 0) is 10.8 Å². The molecule has 0 amide bonds. The van der Waals surface area contributed by atoms with Gasteiger partial charge in [-0.05, 0) is 70.5 Å². The Labute approximate surface area is 210 Å². The van der Waals surface area contributed by atoms with Crippen LogP contribution in [-0.4, -0.2) is 5.11 Å². The Morgan fingerprint density at radius 3 is 1.06 bits per heavy atom. The molecule has 182 valence electrons. The second kappa shape index (κ2) is 11.1. The zero-order valence-corrected chi connectivity index (χ0v) is 21.8. The first kappa shape index (κ1) is 25.9. The van der Waals surface area contributed by atoms with E-state index in [1.807, 2.05) is 54.6 Å². The van der Waals surface area contributed by atoms with E-state index in [-0.39, 0.29) is 10.8 Å². The van der Waals surface area contributed by atoms with Crippen molar-refractivity contribution in [2.75, 3.05) is 10.6 Å². The highest BCUT2D eigenvalue weighted by molar-refractivity contribution is 5.65. The molecule has 0 atom stereocenters. The number of anilines is 4. The summed E-state index contributed by atoms with van der Waals surface area (Å²) in [6.45, 7) is 12.7. The van der Waals surface area contributed by atoms with Crippen LogP contribution in [0.15, 0.2) is 103 Å². The highest BCUT2D eigenvalue weighted by atomic mass is 16.3. The molecular weight excluding hydrogens is 428 g/mol. The molecule has 35 heavy (non-hydrogen) atoms. The molecule has 0 saturated carbocycles. The lowest BCUT2D eigenvalue weighted by Crippen LogP contribution is -2.16. The van der Waals surface area contributed by atoms with Crippen LogP contribution in [0.1, 0.15) is 52.7 Å². The predicted molar refractivity (Wildman–Crippen MR) is 151 cm³/mol. The zero-order valence-electron chi connectivity index (χ0n) is 21.8. The summed E-state index contributed by atoms with van der Waals surface area (Å²) in [6.07, 6.45) is 0. The maximum absolute atomic E-state index is 10.3. The van der Waals surface area contributed by atoms with Crippen LogP contribution in [0.4, 0.5) is 22.7 Å². The molecule has 3 nitrogen and oxygen atoms in total. The summed E-state index contributed by atoms with van der Waals surface area (Å²) in [4.78, 5) is 0. The van der Waals surface area contributed by atoms with Gasteiger partial charge in [-0.15, -0.1) is 0 Å². The van der Waals surface area contributed by atoms with Gasteiger partial charge in [-0.3, -0.25) is 0 Å². The largest absolute Gasteiger partial charge is 0.507 e. The van der Waals surface area contributed by atoms with Gasteiger partial charge in [0.1, 0.15) is 5.75 Å². The molecule has 4 rings (SSSR count). The van der Waals surface area contributed by atoms with Crippen molar-refractivity contribution in [3.63, 3.8) is 0 Å². The monoisotopic (exact) mass is 466 g/mol. The van der Waals surface area contributed by atoms with E-state index < -0.39 is 0 Å². The second-order valence-corrected chi connectivity index (χ2v) is 10.8. The molecular formula is C32H38N2O. The summed E-state index contributed by atoms with van der Waals surface area (Å²) in [5, 5.41) is 17.0. The highest BCUT2D eigenvalue weighted by Gasteiger charge is 2.24. The molecule has 4 aromatic carbocycles. The lowest BCUT2D eigenvalue weighted by molar-refractivity contribution is 0.423. The summed E-state index contributed by atoms with van der Waals surface area (Å²) >= 11 is 0. The fourth-order valence-electron chi connectivity index (χ4n) is 3.77. The van der Waals surface area contributed by atoms with Gasteiger partial charge in [0.2, 0.25) is 0 Å². The van der Waals surface area contributed by atoms with E-state index in [2.05, 4.69) is 101 Å². The van der Waals surface area contributed by atoms with Crippen LogP contribution in [0.5, 0.6) is 5.75 Å². The molecule has 0 radical (unpaired) electrons. The number of para-hydroxylation sites is 3. The van der Waals surface area contributed by atoms with Gasteiger partial charge in [-0.25, -0.2) is 0 Å². The molecule has 0 bridgehead atoms. The maximum Gasteiger partial charge on any atom is 0.123 e. The standard InChI is InChI=1S/C18H16N2.C14H22O/c1-3-7-15(8-4-1)19-17-11-13-18(14-12-17)20-16-9-5-2-6-10-16;1-13(2,3)10-8-7-9-11(12(10)15)14(4,5)6/h1-14,19-20H;7-9,15H,1-6H3. The molecule has 0 aromatic heterocycles. The van der Waals surface area contributed by atoms with Crippen molar-refractivity contribution in [3.8, 4) is 5.75 Å². The van der Waals surface area contributed by atoms with Crippen LogP contribution in [0.25, 0.3) is 0 Å². The quantitative estimate of drug-likeness (QED) is 0.281. The number of hydrogen-bond acceptors (Lipinski definition) is 3. The maximum atomic E-state index is 10.3. The predicted octanol–water partition coefficient (Wildman–Crippen LogP) is 9.16. The molecule has 0 aliphatic heterocycles. The Kier molecular flexibility index (Phi) is 8.24. The minimum Gasteiger partial charge on any atom is -0.507 e. The van der Waals surface area contributed by atoms with Crippen LogP contribution in [0.3, 0.4) is 0 Å². The van der Waals surface area contributed by atoms with Crippen LogP contribution >= 0.6 is 0 Å². The van der Waals surface area contributed by atoms with Gasteiger partial charge in [0.25, 0.3) is 0 Å². The first-order chi connectivity index (χ1) is 16.5. The van der Waals surface area contributed by atoms with Crippen molar-refractivity contribution in [1.29, 1.82) is 0 Å². The molecule has 0 fully saturated rings. The molecule has 4 aromatic rings. The lowest BCUT2D eigenvalue weighted by Gasteiger charge is -2.26. The van der Waals surface area contributed by atoms with Crippen molar-refractivity contribution in [2.45, 2.75) is 52.4 Å². The molecule has 0 aliphatic carbocycles. The fraction of sp³-hybridized carbons (Fsp3) is 0.250. The van der Waals surface area contributed by atoms with Crippen molar-refractivity contribution in [2.24, 2.45) is 0 Å². The van der Waals surface area contributed by atoms with Crippen molar-refractivity contribution >= 4 is 22.7 Å². The summed E-state index contributed by atoms with van der Waals surface area (Å²) in [6, 6.07) is 34.6. The van der Waals surface area contributed by atoms with Gasteiger partial charge in [0, 0.05) is 22.7 Å². The van der Waals surface area contributed by atoms with E-state index in [1.165, 1.54) is 0 Å². The Morgan fingerprint density at radius 2 is 0.743 bits per heavy atom. The van der Waals surface area contributed by atoms with Crippen molar-refractivity contribution < 1.29 is 5.11 Å². The second-order valence-electron chi connectivity index (χ2n) is 10.8. The summed E-state index contributed by atoms with van der Waals surface area (Å²) in [7, 11) is 0. The van der Waals surface area contributed by atoms with E-state index in [9.17, 15) is 5.11 Å². The van der Waals surface area contributed by atoms with Crippen LogP contribution in [0, 0.1) is 0 Å². The lowest BCUT2D eigenvalue weighted by atomic mass is 9.80. The van der Waals surface area contributed by atoms with Crippen LogP contribution in [0.2, 0.25) is 0 Å². The first-order valence-corrected chi connectivity index (χ1v) is 12.1. The third-order valence-corrected chi connectivity index (χ3v) is 5.66. The number of phenolic OH excluding ortho intramolecular Hbond substituents is 1. The third kappa shape index (κ3) is 7.65. The zero-order chi connectivity index (χ0) is 25.5. The van der Waals surface area contributed by atoms with E-state index in [0.29, 0.717) is 5.75 Å². The topological polar surface area (TPSA) is 44.3 Å². The SMILES string of the molecule is CC(C)(C)c1cccc(C(C)(C)C)c1O.c1ccc(Nc2ccc(Nc3ccccc3)cc2)cc1. The fourth-order valence-corrected chi connectivity index (χ4v) is 3.77. The average molecular weight is 467 g/mol. The van der Waals surface area contributed by atoms with Crippen molar-refractivity contribution in [1.82, 2.24) is 0 Å². The number of phenols is 1. The number of benzene rings is 4. The molecule has 0 aliphatic rings. The van der Waals surface area contributed by atoms with Gasteiger partial charge in [-0.2, -0.15) is 0 Å². The normalized spacial score (nSPS) is 11.3. The molecule has 0 heterocycles. The van der Waals surface area contributed by atoms with Gasteiger partial charge in [0.15, 0.2) is 0 Å². The minimum atomic E-state index is -0.00859. The molecule has 0 saturated heterocycles. The average Bonchev–Trinajstić information content (AvgIpc) is 2.81. The van der Waals surface area contributed by atoms with Gasteiger partial charge in [-0.1, -0.05) is 96.1 Å². The van der Waals surface area contributed by atoms with E-state index in [4.69, 9.17) is 0 Å². The Morgan fingerprint density at radius 1 is 0.429 bits per heavy atom. The minimum absolute atomic E-state index is 0.00859. The van der Waals surface area contributed by atoms with E-state index in [1.54, 1.807) is 0 Å².